The van der Waals surface area contributed by atoms with Gasteiger partial charge in [-0.05, 0) is 69.2 Å². The van der Waals surface area contributed by atoms with E-state index >= 15 is 0 Å². The number of halogens is 1. The Hall–Kier alpha value is -2.87. The molecule has 0 radical (unpaired) electrons. The van der Waals surface area contributed by atoms with E-state index in [-0.39, 0.29) is 23.8 Å². The Kier molecular flexibility index (Phi) is 8.83. The quantitative estimate of drug-likeness (QED) is 0.482. The molecule has 0 aromatic heterocycles. The van der Waals surface area contributed by atoms with Crippen LogP contribution in [0.4, 0.5) is 5.69 Å². The number of benzene rings is 2. The third kappa shape index (κ3) is 8.00. The molecule has 2 aromatic carbocycles. The molecule has 7 nitrogen and oxygen atoms in total. The van der Waals surface area contributed by atoms with Crippen LogP contribution in [0, 0.1) is 5.92 Å². The van der Waals surface area contributed by atoms with Crippen LogP contribution in [0.15, 0.2) is 46.9 Å². The van der Waals surface area contributed by atoms with E-state index in [0.29, 0.717) is 23.4 Å². The van der Waals surface area contributed by atoms with Crippen molar-refractivity contribution in [1.29, 1.82) is 0 Å². The fourth-order valence-corrected chi connectivity index (χ4v) is 3.24. The van der Waals surface area contributed by atoms with Gasteiger partial charge in [0, 0.05) is 17.7 Å². The van der Waals surface area contributed by atoms with E-state index in [0.717, 1.165) is 10.0 Å². The van der Waals surface area contributed by atoms with Crippen LogP contribution in [-0.2, 0) is 15.0 Å². The monoisotopic (exact) mass is 503 g/mol. The van der Waals surface area contributed by atoms with Crippen LogP contribution in [0.5, 0.6) is 5.75 Å². The highest BCUT2D eigenvalue weighted by molar-refractivity contribution is 9.10. The van der Waals surface area contributed by atoms with Gasteiger partial charge in [-0.3, -0.25) is 25.2 Å². The van der Waals surface area contributed by atoms with Crippen LogP contribution in [0.1, 0.15) is 57.0 Å². The predicted molar refractivity (Wildman–Crippen MR) is 128 cm³/mol. The standard InChI is InChI=1S/C24H30BrN3O4/c1-15(2)12-21(29)26-18-9-6-16(7-10-18)23(31)28-27-22(30)14-32-20-11-8-17(13-19(20)25)24(3,4)5/h6-11,13,15H,12,14H2,1-5H3,(H,26,29)(H,27,30)(H,28,31). The number of ether oxygens (including phenoxy) is 1. The molecule has 2 aromatic rings. The van der Waals surface area contributed by atoms with E-state index in [1.54, 1.807) is 30.3 Å². The fourth-order valence-electron chi connectivity index (χ4n) is 2.75. The molecule has 0 aliphatic rings. The predicted octanol–water partition coefficient (Wildman–Crippen LogP) is 4.57. The van der Waals surface area contributed by atoms with Crippen molar-refractivity contribution < 1.29 is 19.1 Å². The molecule has 0 fully saturated rings. The van der Waals surface area contributed by atoms with Gasteiger partial charge in [0.1, 0.15) is 5.75 Å². The number of nitrogens with one attached hydrogen (secondary N) is 3. The summed E-state index contributed by atoms with van der Waals surface area (Å²) in [7, 11) is 0. The third-order valence-corrected chi connectivity index (χ3v) is 5.12. The normalized spacial score (nSPS) is 11.1. The van der Waals surface area contributed by atoms with Gasteiger partial charge in [0.2, 0.25) is 5.91 Å². The van der Waals surface area contributed by atoms with Gasteiger partial charge < -0.3 is 10.1 Å². The zero-order valence-corrected chi connectivity index (χ0v) is 20.6. The zero-order chi connectivity index (χ0) is 23.9. The lowest BCUT2D eigenvalue weighted by molar-refractivity contribution is -0.123. The van der Waals surface area contributed by atoms with Gasteiger partial charge in [0.05, 0.1) is 4.47 Å². The van der Waals surface area contributed by atoms with Crippen LogP contribution in [0.2, 0.25) is 0 Å². The number of hydrogen-bond acceptors (Lipinski definition) is 4. The van der Waals surface area contributed by atoms with E-state index in [2.05, 4.69) is 52.9 Å². The molecule has 0 heterocycles. The van der Waals surface area contributed by atoms with Crippen molar-refractivity contribution in [2.45, 2.75) is 46.5 Å². The van der Waals surface area contributed by atoms with Crippen LogP contribution in [0.3, 0.4) is 0 Å². The Labute approximate surface area is 197 Å². The van der Waals surface area contributed by atoms with Crippen molar-refractivity contribution in [3.8, 4) is 5.75 Å². The maximum atomic E-state index is 12.2. The summed E-state index contributed by atoms with van der Waals surface area (Å²) < 4.78 is 6.29. The summed E-state index contributed by atoms with van der Waals surface area (Å²) in [6.45, 7) is 10.0. The largest absolute Gasteiger partial charge is 0.483 e. The molecule has 8 heteroatoms. The molecular weight excluding hydrogens is 474 g/mol. The molecule has 0 spiro atoms. The number of hydrogen-bond donors (Lipinski definition) is 3. The van der Waals surface area contributed by atoms with Crippen LogP contribution < -0.4 is 20.9 Å². The number of carbonyl (C=O) groups is 3. The molecule has 32 heavy (non-hydrogen) atoms. The van der Waals surface area contributed by atoms with Gasteiger partial charge in [-0.1, -0.05) is 40.7 Å². The first-order chi connectivity index (χ1) is 15.0. The van der Waals surface area contributed by atoms with Crippen LogP contribution >= 0.6 is 15.9 Å². The van der Waals surface area contributed by atoms with E-state index in [9.17, 15) is 14.4 Å². The fraction of sp³-hybridized carbons (Fsp3) is 0.375. The van der Waals surface area contributed by atoms with Crippen LogP contribution in [-0.4, -0.2) is 24.3 Å². The van der Waals surface area contributed by atoms with Crippen molar-refractivity contribution in [1.82, 2.24) is 10.9 Å². The molecule has 0 bridgehead atoms. The molecule has 0 atom stereocenters. The summed E-state index contributed by atoms with van der Waals surface area (Å²) in [6, 6.07) is 12.1. The Bertz CT molecular complexity index is 966. The lowest BCUT2D eigenvalue weighted by atomic mass is 9.87. The summed E-state index contributed by atoms with van der Waals surface area (Å²) in [5.41, 5.74) is 6.76. The zero-order valence-electron chi connectivity index (χ0n) is 19.0. The Morgan fingerprint density at radius 2 is 1.62 bits per heavy atom. The van der Waals surface area contributed by atoms with Crippen molar-refractivity contribution in [3.63, 3.8) is 0 Å². The highest BCUT2D eigenvalue weighted by Crippen LogP contribution is 2.31. The third-order valence-electron chi connectivity index (χ3n) is 4.50. The van der Waals surface area contributed by atoms with Crippen molar-refractivity contribution >= 4 is 39.3 Å². The number of rotatable bonds is 7. The van der Waals surface area contributed by atoms with Crippen molar-refractivity contribution in [2.75, 3.05) is 11.9 Å². The van der Waals surface area contributed by atoms with E-state index in [4.69, 9.17) is 4.74 Å². The molecule has 2 rings (SSSR count). The number of amides is 3. The Morgan fingerprint density at radius 3 is 2.19 bits per heavy atom. The smallest absolute Gasteiger partial charge is 0.276 e. The molecule has 3 N–H and O–H groups in total. The lowest BCUT2D eigenvalue weighted by Crippen LogP contribution is -2.43. The first-order valence-corrected chi connectivity index (χ1v) is 11.2. The van der Waals surface area contributed by atoms with Gasteiger partial charge >= 0.3 is 0 Å². The van der Waals surface area contributed by atoms with E-state index in [1.165, 1.54) is 0 Å². The SMILES string of the molecule is CC(C)CC(=O)Nc1ccc(C(=O)NNC(=O)COc2ccc(C(C)(C)C)cc2Br)cc1. The summed E-state index contributed by atoms with van der Waals surface area (Å²) in [6.07, 6.45) is 0.424. The minimum atomic E-state index is -0.497. The second-order valence-electron chi connectivity index (χ2n) is 8.91. The van der Waals surface area contributed by atoms with E-state index < -0.39 is 11.8 Å². The highest BCUT2D eigenvalue weighted by Gasteiger charge is 2.16. The molecule has 0 saturated carbocycles. The van der Waals surface area contributed by atoms with E-state index in [1.807, 2.05) is 26.0 Å². The minimum Gasteiger partial charge on any atom is -0.483 e. The molecular formula is C24H30BrN3O4. The van der Waals surface area contributed by atoms with Crippen molar-refractivity contribution in [2.24, 2.45) is 5.92 Å². The lowest BCUT2D eigenvalue weighted by Gasteiger charge is -2.20. The Morgan fingerprint density at radius 1 is 0.969 bits per heavy atom. The topological polar surface area (TPSA) is 96.5 Å². The first kappa shape index (κ1) is 25.4. The molecule has 0 aliphatic carbocycles. The van der Waals surface area contributed by atoms with Crippen LogP contribution in [0.25, 0.3) is 0 Å². The van der Waals surface area contributed by atoms with Gasteiger partial charge in [0.15, 0.2) is 6.61 Å². The number of carbonyl (C=O) groups excluding carboxylic acids is 3. The van der Waals surface area contributed by atoms with Gasteiger partial charge in [0.25, 0.3) is 11.8 Å². The second kappa shape index (κ2) is 11.1. The molecule has 0 saturated heterocycles. The summed E-state index contributed by atoms with van der Waals surface area (Å²) in [5.74, 6) is -0.257. The Balaban J connectivity index is 1.81. The highest BCUT2D eigenvalue weighted by atomic mass is 79.9. The van der Waals surface area contributed by atoms with Gasteiger partial charge in [-0.25, -0.2) is 0 Å². The number of anilines is 1. The maximum Gasteiger partial charge on any atom is 0.276 e. The summed E-state index contributed by atoms with van der Waals surface area (Å²) >= 11 is 3.46. The first-order valence-electron chi connectivity index (χ1n) is 10.4. The number of hydrazine groups is 1. The maximum absolute atomic E-state index is 12.2. The molecule has 172 valence electrons. The van der Waals surface area contributed by atoms with Crippen molar-refractivity contribution in [3.05, 3.63) is 58.1 Å². The average molecular weight is 504 g/mol. The molecule has 0 unspecified atom stereocenters. The summed E-state index contributed by atoms with van der Waals surface area (Å²) in [4.78, 5) is 36.1. The average Bonchev–Trinajstić information content (AvgIpc) is 2.70. The molecule has 3 amide bonds. The minimum absolute atomic E-state index is 0.000579. The summed E-state index contributed by atoms with van der Waals surface area (Å²) in [5, 5.41) is 2.78. The second-order valence-corrected chi connectivity index (χ2v) is 9.76. The molecule has 0 aliphatic heterocycles. The van der Waals surface area contributed by atoms with Gasteiger partial charge in [-0.2, -0.15) is 0 Å². The van der Waals surface area contributed by atoms with Gasteiger partial charge in [-0.15, -0.1) is 0 Å².